The molecule has 23 heavy (non-hydrogen) atoms. The van der Waals surface area contributed by atoms with E-state index in [1.807, 2.05) is 26.2 Å². The minimum atomic E-state index is -0.846. The molecular formula is C17H23N3O3. The standard InChI is InChI=1S/C17H23N3O3/c1-20(2)12-14-7-5-13(6-8-14)10-18-17(22)19-11-15(21)16-4-3-9-23-16/h3-9,15,21H,10-12H2,1-2H3,(H2,18,19,22). The minimum Gasteiger partial charge on any atom is -0.467 e. The van der Waals surface area contributed by atoms with Crippen LogP contribution in [-0.4, -0.2) is 36.7 Å². The van der Waals surface area contributed by atoms with E-state index in [2.05, 4.69) is 27.7 Å². The van der Waals surface area contributed by atoms with Gasteiger partial charge in [-0.1, -0.05) is 24.3 Å². The van der Waals surface area contributed by atoms with E-state index >= 15 is 0 Å². The fourth-order valence-electron chi connectivity index (χ4n) is 2.14. The normalized spacial score (nSPS) is 12.2. The van der Waals surface area contributed by atoms with Crippen LogP contribution < -0.4 is 10.6 Å². The Balaban J connectivity index is 1.71. The summed E-state index contributed by atoms with van der Waals surface area (Å²) < 4.78 is 5.07. The van der Waals surface area contributed by atoms with Crippen molar-refractivity contribution in [1.82, 2.24) is 15.5 Å². The highest BCUT2D eigenvalue weighted by Crippen LogP contribution is 2.11. The van der Waals surface area contributed by atoms with Gasteiger partial charge in [0.25, 0.3) is 0 Å². The third-order valence-corrected chi connectivity index (χ3v) is 3.30. The maximum absolute atomic E-state index is 11.7. The van der Waals surface area contributed by atoms with Gasteiger partial charge < -0.3 is 25.1 Å². The smallest absolute Gasteiger partial charge is 0.315 e. The van der Waals surface area contributed by atoms with Gasteiger partial charge in [0, 0.05) is 13.1 Å². The summed E-state index contributed by atoms with van der Waals surface area (Å²) >= 11 is 0. The van der Waals surface area contributed by atoms with Gasteiger partial charge in [-0.15, -0.1) is 0 Å². The summed E-state index contributed by atoms with van der Waals surface area (Å²) in [6.07, 6.45) is 0.638. The van der Waals surface area contributed by atoms with Crippen LogP contribution in [0.1, 0.15) is 23.0 Å². The van der Waals surface area contributed by atoms with E-state index < -0.39 is 6.10 Å². The zero-order valence-electron chi connectivity index (χ0n) is 13.5. The third-order valence-electron chi connectivity index (χ3n) is 3.30. The molecule has 0 saturated heterocycles. The number of urea groups is 1. The number of hydrogen-bond acceptors (Lipinski definition) is 4. The number of benzene rings is 1. The van der Waals surface area contributed by atoms with Crippen LogP contribution in [0.3, 0.4) is 0 Å². The maximum atomic E-state index is 11.7. The topological polar surface area (TPSA) is 77.7 Å². The largest absolute Gasteiger partial charge is 0.467 e. The highest BCUT2D eigenvalue weighted by Gasteiger charge is 2.11. The van der Waals surface area contributed by atoms with E-state index in [9.17, 15) is 9.90 Å². The van der Waals surface area contributed by atoms with Crippen molar-refractivity contribution in [2.75, 3.05) is 20.6 Å². The monoisotopic (exact) mass is 317 g/mol. The average molecular weight is 317 g/mol. The van der Waals surface area contributed by atoms with Gasteiger partial charge in [0.1, 0.15) is 11.9 Å². The van der Waals surface area contributed by atoms with Crippen LogP contribution in [0.25, 0.3) is 0 Å². The van der Waals surface area contributed by atoms with Crippen molar-refractivity contribution < 1.29 is 14.3 Å². The van der Waals surface area contributed by atoms with E-state index in [0.717, 1.165) is 12.1 Å². The molecule has 0 aliphatic heterocycles. The van der Waals surface area contributed by atoms with Crippen molar-refractivity contribution in [3.05, 3.63) is 59.5 Å². The molecule has 0 spiro atoms. The number of furan rings is 1. The van der Waals surface area contributed by atoms with Crippen molar-refractivity contribution >= 4 is 6.03 Å². The Kier molecular flexibility index (Phi) is 6.19. The molecule has 3 N–H and O–H groups in total. The second-order valence-electron chi connectivity index (χ2n) is 5.65. The first kappa shape index (κ1) is 17.1. The first-order valence-corrected chi connectivity index (χ1v) is 7.50. The summed E-state index contributed by atoms with van der Waals surface area (Å²) in [6, 6.07) is 11.1. The fraction of sp³-hybridized carbons (Fsp3) is 0.353. The number of aliphatic hydroxyl groups is 1. The molecule has 2 rings (SSSR count). The number of rotatable bonds is 7. The molecule has 6 nitrogen and oxygen atoms in total. The summed E-state index contributed by atoms with van der Waals surface area (Å²) in [6.45, 7) is 1.42. The maximum Gasteiger partial charge on any atom is 0.315 e. The summed E-state index contributed by atoms with van der Waals surface area (Å²) in [4.78, 5) is 13.8. The number of amides is 2. The molecule has 124 valence electrons. The zero-order valence-corrected chi connectivity index (χ0v) is 13.5. The van der Waals surface area contributed by atoms with Crippen LogP contribution >= 0.6 is 0 Å². The van der Waals surface area contributed by atoms with Gasteiger partial charge in [-0.3, -0.25) is 0 Å². The second kappa shape index (κ2) is 8.36. The zero-order chi connectivity index (χ0) is 16.7. The van der Waals surface area contributed by atoms with Crippen LogP contribution in [0.2, 0.25) is 0 Å². The van der Waals surface area contributed by atoms with Crippen molar-refractivity contribution in [2.45, 2.75) is 19.2 Å². The molecule has 0 fully saturated rings. The van der Waals surface area contributed by atoms with Crippen LogP contribution in [-0.2, 0) is 13.1 Å². The molecule has 1 aromatic heterocycles. The molecule has 1 atom stereocenters. The molecule has 1 heterocycles. The number of hydrogen-bond donors (Lipinski definition) is 3. The average Bonchev–Trinajstić information content (AvgIpc) is 3.06. The van der Waals surface area contributed by atoms with E-state index in [-0.39, 0.29) is 12.6 Å². The highest BCUT2D eigenvalue weighted by atomic mass is 16.4. The predicted molar refractivity (Wildman–Crippen MR) is 87.7 cm³/mol. The first-order valence-electron chi connectivity index (χ1n) is 7.50. The van der Waals surface area contributed by atoms with Gasteiger partial charge in [-0.05, 0) is 37.4 Å². The quantitative estimate of drug-likeness (QED) is 0.728. The van der Waals surface area contributed by atoms with Crippen molar-refractivity contribution in [3.8, 4) is 0 Å². The number of carbonyl (C=O) groups excluding carboxylic acids is 1. The lowest BCUT2D eigenvalue weighted by molar-refractivity contribution is 0.148. The van der Waals surface area contributed by atoms with Gasteiger partial charge in [0.2, 0.25) is 0 Å². The van der Waals surface area contributed by atoms with Crippen LogP contribution in [0, 0.1) is 0 Å². The van der Waals surface area contributed by atoms with Crippen molar-refractivity contribution in [1.29, 1.82) is 0 Å². The Hall–Kier alpha value is -2.31. The molecule has 1 aromatic carbocycles. The van der Waals surface area contributed by atoms with Gasteiger partial charge in [-0.25, -0.2) is 4.79 Å². The third kappa shape index (κ3) is 5.77. The lowest BCUT2D eigenvalue weighted by atomic mass is 10.1. The van der Waals surface area contributed by atoms with Crippen molar-refractivity contribution in [3.63, 3.8) is 0 Å². The molecular weight excluding hydrogens is 294 g/mol. The van der Waals surface area contributed by atoms with Crippen LogP contribution in [0.15, 0.2) is 47.1 Å². The molecule has 2 amide bonds. The molecule has 0 aliphatic carbocycles. The predicted octanol–water partition coefficient (Wildman–Crippen LogP) is 1.87. The van der Waals surface area contributed by atoms with E-state index in [0.29, 0.717) is 12.3 Å². The summed E-state index contributed by atoms with van der Waals surface area (Å²) in [5.74, 6) is 0.432. The molecule has 0 aliphatic rings. The molecule has 0 radical (unpaired) electrons. The highest BCUT2D eigenvalue weighted by molar-refractivity contribution is 5.73. The number of carbonyl (C=O) groups is 1. The molecule has 1 unspecified atom stereocenters. The SMILES string of the molecule is CN(C)Cc1ccc(CNC(=O)NCC(O)c2ccco2)cc1. The Bertz CT molecular complexity index is 594. The van der Waals surface area contributed by atoms with E-state index in [1.54, 1.807) is 12.1 Å². The Morgan fingerprint density at radius 2 is 1.87 bits per heavy atom. The van der Waals surface area contributed by atoms with Gasteiger partial charge in [0.05, 0.1) is 12.8 Å². The van der Waals surface area contributed by atoms with Gasteiger partial charge >= 0.3 is 6.03 Å². The molecule has 6 heteroatoms. The summed E-state index contributed by atoms with van der Waals surface area (Å²) in [5.41, 5.74) is 2.25. The number of nitrogens with one attached hydrogen (secondary N) is 2. The fourth-order valence-corrected chi connectivity index (χ4v) is 2.14. The molecule has 0 saturated carbocycles. The Morgan fingerprint density at radius 3 is 2.48 bits per heavy atom. The Morgan fingerprint density at radius 1 is 1.17 bits per heavy atom. The van der Waals surface area contributed by atoms with Crippen LogP contribution in [0.5, 0.6) is 0 Å². The molecule has 2 aromatic rings. The van der Waals surface area contributed by atoms with Crippen molar-refractivity contribution in [2.24, 2.45) is 0 Å². The first-order chi connectivity index (χ1) is 11.0. The summed E-state index contributed by atoms with van der Waals surface area (Å²) in [7, 11) is 4.05. The van der Waals surface area contributed by atoms with Crippen LogP contribution in [0.4, 0.5) is 4.79 Å². The summed E-state index contributed by atoms with van der Waals surface area (Å²) in [5, 5.41) is 15.2. The second-order valence-corrected chi connectivity index (χ2v) is 5.65. The lowest BCUT2D eigenvalue weighted by Gasteiger charge is -2.12. The van der Waals surface area contributed by atoms with E-state index in [4.69, 9.17) is 4.42 Å². The Labute approximate surface area is 136 Å². The number of aliphatic hydroxyl groups excluding tert-OH is 1. The lowest BCUT2D eigenvalue weighted by Crippen LogP contribution is -2.37. The van der Waals surface area contributed by atoms with E-state index in [1.165, 1.54) is 11.8 Å². The number of nitrogens with zero attached hydrogens (tertiary/aromatic N) is 1. The molecule has 0 bridgehead atoms. The van der Waals surface area contributed by atoms with Gasteiger partial charge in [0.15, 0.2) is 0 Å². The minimum absolute atomic E-state index is 0.0983. The van der Waals surface area contributed by atoms with Gasteiger partial charge in [-0.2, -0.15) is 0 Å².